The topological polar surface area (TPSA) is 44.5 Å². The average molecular weight is 391 g/mol. The molecule has 0 radical (unpaired) electrons. The third kappa shape index (κ3) is 3.19. The summed E-state index contributed by atoms with van der Waals surface area (Å²) in [5.41, 5.74) is 5.93. The normalized spacial score (nSPS) is 10.3. The summed E-state index contributed by atoms with van der Waals surface area (Å²) in [6.45, 7) is 0. The van der Waals surface area contributed by atoms with Gasteiger partial charge in [0.1, 0.15) is 17.3 Å². The van der Waals surface area contributed by atoms with Gasteiger partial charge < -0.3 is 15.2 Å². The molecule has 19 heavy (non-hydrogen) atoms. The first kappa shape index (κ1) is 14.1. The van der Waals surface area contributed by atoms with Crippen molar-refractivity contribution in [2.45, 2.75) is 0 Å². The van der Waals surface area contributed by atoms with Gasteiger partial charge in [-0.15, -0.1) is 0 Å². The van der Waals surface area contributed by atoms with Crippen molar-refractivity contribution in [2.75, 3.05) is 12.8 Å². The third-order valence-corrected chi connectivity index (χ3v) is 3.64. The molecule has 2 aromatic rings. The van der Waals surface area contributed by atoms with Gasteiger partial charge in [0.25, 0.3) is 0 Å². The molecule has 0 unspecified atom stereocenters. The zero-order chi connectivity index (χ0) is 14.0. The number of halogens is 3. The monoisotopic (exact) mass is 389 g/mol. The molecule has 0 bridgehead atoms. The number of hydrogen-bond donors (Lipinski definition) is 1. The molecule has 0 aliphatic heterocycles. The Labute approximate surface area is 126 Å². The summed E-state index contributed by atoms with van der Waals surface area (Å²) in [4.78, 5) is 0. The molecular weight excluding hydrogens is 381 g/mol. The summed E-state index contributed by atoms with van der Waals surface area (Å²) in [5.74, 6) is 1.20. The summed E-state index contributed by atoms with van der Waals surface area (Å²) in [6, 6.07) is 7.49. The number of nitrogen functional groups attached to an aromatic ring is 1. The fourth-order valence-corrected chi connectivity index (χ4v) is 2.36. The Hall–Kier alpha value is -1.27. The number of anilines is 1. The van der Waals surface area contributed by atoms with Crippen LogP contribution in [0.4, 0.5) is 10.1 Å². The molecule has 0 spiro atoms. The summed E-state index contributed by atoms with van der Waals surface area (Å²) >= 11 is 6.75. The van der Waals surface area contributed by atoms with Crippen LogP contribution in [0.5, 0.6) is 17.2 Å². The average Bonchev–Trinajstić information content (AvgIpc) is 2.36. The van der Waals surface area contributed by atoms with Gasteiger partial charge in [0.05, 0.1) is 21.7 Å². The Balaban J connectivity index is 2.35. The van der Waals surface area contributed by atoms with Gasteiger partial charge in [0.2, 0.25) is 0 Å². The lowest BCUT2D eigenvalue weighted by Gasteiger charge is -2.12. The maximum absolute atomic E-state index is 13.0. The number of benzene rings is 2. The molecule has 0 saturated carbocycles. The molecule has 6 heteroatoms. The van der Waals surface area contributed by atoms with Crippen LogP contribution in [0.1, 0.15) is 0 Å². The Morgan fingerprint density at radius 2 is 1.63 bits per heavy atom. The first-order valence-corrected chi connectivity index (χ1v) is 6.85. The van der Waals surface area contributed by atoms with Crippen LogP contribution in [0.25, 0.3) is 0 Å². The van der Waals surface area contributed by atoms with E-state index in [0.29, 0.717) is 21.7 Å². The van der Waals surface area contributed by atoms with Crippen LogP contribution in [0.3, 0.4) is 0 Å². The molecule has 0 saturated heterocycles. The molecule has 0 fully saturated rings. The second kappa shape index (κ2) is 5.79. The molecule has 3 nitrogen and oxygen atoms in total. The zero-order valence-corrected chi connectivity index (χ0v) is 13.1. The minimum atomic E-state index is -0.403. The van der Waals surface area contributed by atoms with Gasteiger partial charge in [-0.25, -0.2) is 4.39 Å². The summed E-state index contributed by atoms with van der Waals surface area (Å²) < 4.78 is 25.2. The standard InChI is InChI=1S/C13H10Br2FNO2/c1-18-12-5-9(15)13(6-8(12)14)19-11-3-2-7(16)4-10(11)17/h2-6H,17H2,1H3. The van der Waals surface area contributed by atoms with Gasteiger partial charge in [-0.3, -0.25) is 0 Å². The number of nitrogens with two attached hydrogens (primary N) is 1. The predicted octanol–water partition coefficient (Wildman–Crippen LogP) is 4.73. The lowest BCUT2D eigenvalue weighted by molar-refractivity contribution is 0.409. The first-order valence-electron chi connectivity index (χ1n) is 5.27. The lowest BCUT2D eigenvalue weighted by atomic mass is 10.3. The Bertz CT molecular complexity index is 620. The molecule has 0 atom stereocenters. The Morgan fingerprint density at radius 1 is 1.00 bits per heavy atom. The highest BCUT2D eigenvalue weighted by Crippen LogP contribution is 2.39. The van der Waals surface area contributed by atoms with E-state index in [9.17, 15) is 4.39 Å². The number of ether oxygens (including phenoxy) is 2. The van der Waals surface area contributed by atoms with Gasteiger partial charge in [-0.1, -0.05) is 0 Å². The predicted molar refractivity (Wildman–Crippen MR) is 79.3 cm³/mol. The largest absolute Gasteiger partial charge is 0.496 e. The van der Waals surface area contributed by atoms with E-state index in [2.05, 4.69) is 31.9 Å². The molecule has 0 aliphatic rings. The molecule has 2 rings (SSSR count). The Kier molecular flexibility index (Phi) is 4.31. The van der Waals surface area contributed by atoms with E-state index < -0.39 is 5.82 Å². The van der Waals surface area contributed by atoms with Crippen molar-refractivity contribution >= 4 is 37.5 Å². The third-order valence-electron chi connectivity index (χ3n) is 2.40. The van der Waals surface area contributed by atoms with Crippen LogP contribution in [0.2, 0.25) is 0 Å². The van der Waals surface area contributed by atoms with Crippen molar-refractivity contribution in [3.05, 3.63) is 45.1 Å². The Morgan fingerprint density at radius 3 is 2.26 bits per heavy atom. The second-order valence-electron chi connectivity index (χ2n) is 3.70. The van der Waals surface area contributed by atoms with Crippen molar-refractivity contribution in [1.29, 1.82) is 0 Å². The molecule has 2 aromatic carbocycles. The van der Waals surface area contributed by atoms with Crippen LogP contribution < -0.4 is 15.2 Å². The van der Waals surface area contributed by atoms with Crippen LogP contribution in [0.15, 0.2) is 39.3 Å². The smallest absolute Gasteiger partial charge is 0.150 e. The quantitative estimate of drug-likeness (QED) is 0.770. The van der Waals surface area contributed by atoms with Crippen molar-refractivity contribution in [2.24, 2.45) is 0 Å². The van der Waals surface area contributed by atoms with Gasteiger partial charge in [0, 0.05) is 6.07 Å². The van der Waals surface area contributed by atoms with Crippen molar-refractivity contribution in [3.63, 3.8) is 0 Å². The van der Waals surface area contributed by atoms with Gasteiger partial charge in [-0.2, -0.15) is 0 Å². The van der Waals surface area contributed by atoms with E-state index in [-0.39, 0.29) is 5.69 Å². The van der Waals surface area contributed by atoms with Gasteiger partial charge in [-0.05, 0) is 56.1 Å². The van der Waals surface area contributed by atoms with E-state index >= 15 is 0 Å². The van der Waals surface area contributed by atoms with Crippen LogP contribution in [0, 0.1) is 5.82 Å². The summed E-state index contributed by atoms with van der Waals surface area (Å²) in [7, 11) is 1.57. The van der Waals surface area contributed by atoms with Crippen LogP contribution in [-0.4, -0.2) is 7.11 Å². The van der Waals surface area contributed by atoms with E-state index in [1.165, 1.54) is 18.2 Å². The molecule has 100 valence electrons. The highest BCUT2D eigenvalue weighted by Gasteiger charge is 2.11. The number of methoxy groups -OCH3 is 1. The van der Waals surface area contributed by atoms with Gasteiger partial charge >= 0.3 is 0 Å². The minimum Gasteiger partial charge on any atom is -0.496 e. The molecule has 0 aliphatic carbocycles. The SMILES string of the molecule is COc1cc(Br)c(Oc2ccc(F)cc2N)cc1Br. The summed E-state index contributed by atoms with van der Waals surface area (Å²) in [6.07, 6.45) is 0. The molecule has 0 heterocycles. The van der Waals surface area contributed by atoms with Crippen LogP contribution in [-0.2, 0) is 0 Å². The van der Waals surface area contributed by atoms with E-state index in [1.807, 2.05) is 0 Å². The van der Waals surface area contributed by atoms with Crippen molar-refractivity contribution < 1.29 is 13.9 Å². The van der Waals surface area contributed by atoms with Gasteiger partial charge in [0.15, 0.2) is 5.75 Å². The van der Waals surface area contributed by atoms with E-state index in [1.54, 1.807) is 19.2 Å². The molecule has 0 aromatic heterocycles. The van der Waals surface area contributed by atoms with Crippen molar-refractivity contribution in [1.82, 2.24) is 0 Å². The highest BCUT2D eigenvalue weighted by atomic mass is 79.9. The number of rotatable bonds is 3. The lowest BCUT2D eigenvalue weighted by Crippen LogP contribution is -1.94. The van der Waals surface area contributed by atoms with E-state index in [0.717, 1.165) is 4.47 Å². The first-order chi connectivity index (χ1) is 9.01. The maximum atomic E-state index is 13.0. The highest BCUT2D eigenvalue weighted by molar-refractivity contribution is 9.11. The minimum absolute atomic E-state index is 0.235. The van der Waals surface area contributed by atoms with E-state index in [4.69, 9.17) is 15.2 Å². The molecular formula is C13H10Br2FNO2. The fraction of sp³-hybridized carbons (Fsp3) is 0.0769. The fourth-order valence-electron chi connectivity index (χ4n) is 1.48. The second-order valence-corrected chi connectivity index (χ2v) is 5.41. The molecule has 0 amide bonds. The maximum Gasteiger partial charge on any atom is 0.150 e. The van der Waals surface area contributed by atoms with Crippen molar-refractivity contribution in [3.8, 4) is 17.2 Å². The molecule has 2 N–H and O–H groups in total. The summed E-state index contributed by atoms with van der Waals surface area (Å²) in [5, 5.41) is 0. The zero-order valence-electron chi connectivity index (χ0n) is 9.91. The van der Waals surface area contributed by atoms with Crippen LogP contribution >= 0.6 is 31.9 Å². The number of hydrogen-bond acceptors (Lipinski definition) is 3.